The van der Waals surface area contributed by atoms with E-state index in [1.165, 1.54) is 20.1 Å². The molecule has 1 aliphatic rings. The molecule has 0 aromatic heterocycles. The number of methoxy groups -OCH3 is 1. The highest BCUT2D eigenvalue weighted by Gasteiger charge is 2.38. The Labute approximate surface area is 126 Å². The van der Waals surface area contributed by atoms with E-state index in [9.17, 15) is 4.79 Å². The lowest BCUT2D eigenvalue weighted by Gasteiger charge is -2.52. The molecular formula is C15H32N2O2Si. The van der Waals surface area contributed by atoms with Crippen LogP contribution in [0.4, 0.5) is 0 Å². The number of ether oxygens (including phenoxy) is 1. The molecule has 4 nitrogen and oxygen atoms in total. The van der Waals surface area contributed by atoms with Crippen LogP contribution in [-0.4, -0.2) is 62.6 Å². The lowest BCUT2D eigenvalue weighted by molar-refractivity contribution is -0.146. The Bertz CT molecular complexity index is 328. The van der Waals surface area contributed by atoms with Gasteiger partial charge in [-0.3, -0.25) is 14.6 Å². The van der Waals surface area contributed by atoms with Crippen molar-refractivity contribution in [3.05, 3.63) is 0 Å². The number of rotatable bonds is 4. The third-order valence-corrected chi connectivity index (χ3v) is 6.08. The first-order chi connectivity index (χ1) is 9.18. The van der Waals surface area contributed by atoms with Crippen molar-refractivity contribution in [3.8, 4) is 0 Å². The van der Waals surface area contributed by atoms with Crippen LogP contribution in [0.3, 0.4) is 0 Å². The molecule has 0 spiro atoms. The smallest absolute Gasteiger partial charge is 0.309 e. The molecule has 1 fully saturated rings. The second-order valence-corrected chi connectivity index (χ2v) is 10.4. The zero-order chi connectivity index (χ0) is 15.5. The summed E-state index contributed by atoms with van der Waals surface area (Å²) < 4.78 is 4.88. The molecule has 0 N–H and O–H groups in total. The molecule has 0 aliphatic carbocycles. The van der Waals surface area contributed by atoms with Gasteiger partial charge < -0.3 is 4.74 Å². The fourth-order valence-corrected chi connectivity index (χ4v) is 5.68. The summed E-state index contributed by atoms with van der Waals surface area (Å²) in [4.78, 5) is 16.8. The van der Waals surface area contributed by atoms with Crippen LogP contribution in [0.25, 0.3) is 0 Å². The highest BCUT2D eigenvalue weighted by atomic mass is 28.3. The van der Waals surface area contributed by atoms with Crippen LogP contribution in [0.1, 0.15) is 34.1 Å². The summed E-state index contributed by atoms with van der Waals surface area (Å²) in [6.07, 6.45) is 1.18. The van der Waals surface area contributed by atoms with Gasteiger partial charge in [0.25, 0.3) is 0 Å². The maximum Gasteiger partial charge on any atom is 0.309 e. The summed E-state index contributed by atoms with van der Waals surface area (Å²) in [5.41, 5.74) is 0.190. The molecule has 1 aliphatic heterocycles. The van der Waals surface area contributed by atoms with Gasteiger partial charge in [-0.05, 0) is 27.2 Å². The van der Waals surface area contributed by atoms with E-state index < -0.39 is 8.80 Å². The van der Waals surface area contributed by atoms with Gasteiger partial charge in [0, 0.05) is 31.0 Å². The fourth-order valence-electron chi connectivity index (χ4n) is 3.25. The third kappa shape index (κ3) is 4.30. The van der Waals surface area contributed by atoms with Crippen LogP contribution in [-0.2, 0) is 9.53 Å². The topological polar surface area (TPSA) is 32.8 Å². The quantitative estimate of drug-likeness (QED) is 0.587. The van der Waals surface area contributed by atoms with Crippen molar-refractivity contribution in [1.82, 2.24) is 9.80 Å². The molecule has 2 unspecified atom stereocenters. The zero-order valence-corrected chi connectivity index (χ0v) is 15.4. The summed E-state index contributed by atoms with van der Waals surface area (Å²) in [7, 11) is 0.611. The van der Waals surface area contributed by atoms with Crippen molar-refractivity contribution in [1.29, 1.82) is 0 Å². The third-order valence-electron chi connectivity index (χ3n) is 4.11. The van der Waals surface area contributed by atoms with Gasteiger partial charge in [-0.1, -0.05) is 20.0 Å². The van der Waals surface area contributed by atoms with Gasteiger partial charge in [-0.2, -0.15) is 0 Å². The summed E-state index contributed by atoms with van der Waals surface area (Å²) in [6.45, 7) is 16.8. The maximum atomic E-state index is 11.7. The monoisotopic (exact) mass is 300 g/mol. The highest BCUT2D eigenvalue weighted by Crippen LogP contribution is 2.26. The van der Waals surface area contributed by atoms with Gasteiger partial charge in [0.15, 0.2) is 0 Å². The van der Waals surface area contributed by atoms with E-state index in [0.717, 1.165) is 13.1 Å². The minimum Gasteiger partial charge on any atom is -0.469 e. The predicted molar refractivity (Wildman–Crippen MR) is 86.5 cm³/mol. The summed E-state index contributed by atoms with van der Waals surface area (Å²) in [6, 6.07) is 0. The molecule has 1 saturated heterocycles. The van der Waals surface area contributed by atoms with E-state index in [2.05, 4.69) is 43.7 Å². The standard InChI is InChI=1S/C15H32N2O2Si/c1-12(13(18)19-5)11-16-9-8-10-17(15(2,3)4)14(16)20(6)7/h12,14,20H,8-11H2,1-7H3. The van der Waals surface area contributed by atoms with Gasteiger partial charge in [-0.15, -0.1) is 0 Å². The van der Waals surface area contributed by atoms with E-state index in [0.29, 0.717) is 5.79 Å². The van der Waals surface area contributed by atoms with Crippen LogP contribution in [0.2, 0.25) is 13.1 Å². The van der Waals surface area contributed by atoms with Gasteiger partial charge in [0.05, 0.1) is 21.8 Å². The molecule has 0 radical (unpaired) electrons. The Balaban J connectivity index is 2.85. The molecule has 0 aromatic rings. The molecule has 0 saturated carbocycles. The SMILES string of the molecule is COC(=O)C(C)CN1CCCN(C(C)(C)C)C1[SiH](C)C. The lowest BCUT2D eigenvalue weighted by Crippen LogP contribution is -2.65. The Morgan fingerprint density at radius 3 is 2.40 bits per heavy atom. The van der Waals surface area contributed by atoms with Crippen molar-refractivity contribution in [2.75, 3.05) is 26.7 Å². The van der Waals surface area contributed by atoms with Crippen LogP contribution in [0.5, 0.6) is 0 Å². The Morgan fingerprint density at radius 2 is 1.95 bits per heavy atom. The van der Waals surface area contributed by atoms with E-state index in [1.807, 2.05) is 6.92 Å². The van der Waals surface area contributed by atoms with Gasteiger partial charge in [0.1, 0.15) is 0 Å². The Kier molecular flexibility index (Phi) is 6.22. The molecule has 0 aromatic carbocycles. The molecule has 118 valence electrons. The van der Waals surface area contributed by atoms with Crippen molar-refractivity contribution < 1.29 is 9.53 Å². The number of carbonyl (C=O) groups is 1. The van der Waals surface area contributed by atoms with Crippen LogP contribution in [0.15, 0.2) is 0 Å². The van der Waals surface area contributed by atoms with E-state index in [4.69, 9.17) is 4.74 Å². The lowest BCUT2D eigenvalue weighted by atomic mass is 10.0. The number of carbonyl (C=O) groups excluding carboxylic acids is 1. The normalized spacial score (nSPS) is 23.9. The molecule has 1 rings (SSSR count). The largest absolute Gasteiger partial charge is 0.469 e. The van der Waals surface area contributed by atoms with Crippen molar-refractivity contribution in [3.63, 3.8) is 0 Å². The maximum absolute atomic E-state index is 11.7. The first-order valence-corrected chi connectivity index (χ1v) is 10.7. The van der Waals surface area contributed by atoms with Gasteiger partial charge >= 0.3 is 5.97 Å². The second-order valence-electron chi connectivity index (χ2n) is 7.29. The van der Waals surface area contributed by atoms with Crippen molar-refractivity contribution in [2.24, 2.45) is 5.92 Å². The fraction of sp³-hybridized carbons (Fsp3) is 0.933. The molecule has 20 heavy (non-hydrogen) atoms. The Hall–Kier alpha value is -0.393. The van der Waals surface area contributed by atoms with Gasteiger partial charge in [-0.25, -0.2) is 0 Å². The highest BCUT2D eigenvalue weighted by molar-refractivity contribution is 6.57. The first-order valence-electron chi connectivity index (χ1n) is 7.77. The average Bonchev–Trinajstić information content (AvgIpc) is 2.36. The van der Waals surface area contributed by atoms with Gasteiger partial charge in [0.2, 0.25) is 0 Å². The van der Waals surface area contributed by atoms with Crippen molar-refractivity contribution in [2.45, 2.75) is 58.5 Å². The zero-order valence-electron chi connectivity index (χ0n) is 14.3. The number of hydrogen-bond donors (Lipinski definition) is 0. The number of esters is 1. The van der Waals surface area contributed by atoms with E-state index in [-0.39, 0.29) is 17.4 Å². The number of nitrogens with zero attached hydrogens (tertiary/aromatic N) is 2. The van der Waals surface area contributed by atoms with Crippen LogP contribution >= 0.6 is 0 Å². The minimum atomic E-state index is -0.867. The minimum absolute atomic E-state index is 0.0461. The molecule has 0 amide bonds. The molecule has 5 heteroatoms. The van der Waals surface area contributed by atoms with Crippen LogP contribution in [0, 0.1) is 5.92 Å². The summed E-state index contributed by atoms with van der Waals surface area (Å²) in [5.74, 6) is 0.396. The summed E-state index contributed by atoms with van der Waals surface area (Å²) >= 11 is 0. The van der Waals surface area contributed by atoms with E-state index >= 15 is 0 Å². The molecule has 1 heterocycles. The first kappa shape index (κ1) is 17.7. The predicted octanol–water partition coefficient (Wildman–Crippen LogP) is 1.95. The molecule has 2 atom stereocenters. The molecular weight excluding hydrogens is 268 g/mol. The summed E-state index contributed by atoms with van der Waals surface area (Å²) in [5, 5.41) is 0. The average molecular weight is 301 g/mol. The van der Waals surface area contributed by atoms with Crippen LogP contribution < -0.4 is 0 Å². The van der Waals surface area contributed by atoms with Crippen molar-refractivity contribution >= 4 is 14.8 Å². The number of hydrogen-bond acceptors (Lipinski definition) is 4. The van der Waals surface area contributed by atoms with E-state index in [1.54, 1.807) is 0 Å². The second kappa shape index (κ2) is 7.05. The molecule has 0 bridgehead atoms. The Morgan fingerprint density at radius 1 is 1.35 bits per heavy atom.